The van der Waals surface area contributed by atoms with E-state index in [1.54, 1.807) is 25.1 Å². The van der Waals surface area contributed by atoms with E-state index in [-0.39, 0.29) is 44.5 Å². The maximum Gasteiger partial charge on any atom is 0.406 e. The van der Waals surface area contributed by atoms with Crippen LogP contribution in [0, 0.1) is 11.8 Å². The van der Waals surface area contributed by atoms with Crippen molar-refractivity contribution >= 4 is 35.4 Å². The molecule has 1 heterocycles. The quantitative estimate of drug-likeness (QED) is 0.188. The van der Waals surface area contributed by atoms with Crippen LogP contribution in [0.4, 0.5) is 18.4 Å². The number of methoxy groups -OCH3 is 1. The predicted octanol–water partition coefficient (Wildman–Crippen LogP) is 5.24. The number of halogens is 3. The van der Waals surface area contributed by atoms with E-state index in [9.17, 15) is 19.2 Å². The highest BCUT2D eigenvalue weighted by molar-refractivity contribution is 6.30. The van der Waals surface area contributed by atoms with Gasteiger partial charge in [0.25, 0.3) is 5.91 Å². The standard InChI is InChI=1S/C31H45ClF2N4O6/c1-3-14-35-28(40)31(33,34)27(39)25(18-21-9-5-4-6-10-21)37-29(41)38-16-8-12-23(20-38)26(22-11-7-13-24(32)19-22)44-17-15-36-30(42)43-2/h7,11,13,19,21,23,25-26H,3-6,8-10,12,14-18,20H2,1-2H3,(H,35,40)(H,36,42)(H,37,41)/t23-,25+,26+/m1/s1. The Bertz CT molecular complexity index is 1120. The minimum Gasteiger partial charge on any atom is -0.453 e. The minimum absolute atomic E-state index is 0.000756. The second-order valence-corrected chi connectivity index (χ2v) is 12.0. The summed E-state index contributed by atoms with van der Waals surface area (Å²) in [4.78, 5) is 51.9. The molecule has 1 aliphatic carbocycles. The molecule has 10 nitrogen and oxygen atoms in total. The zero-order valence-corrected chi connectivity index (χ0v) is 26.3. The lowest BCUT2D eigenvalue weighted by atomic mass is 9.83. The zero-order valence-electron chi connectivity index (χ0n) is 25.5. The van der Waals surface area contributed by atoms with Gasteiger partial charge in [0.05, 0.1) is 25.9 Å². The summed E-state index contributed by atoms with van der Waals surface area (Å²) < 4.78 is 40.9. The summed E-state index contributed by atoms with van der Waals surface area (Å²) in [5.74, 6) is -7.68. The highest BCUT2D eigenvalue weighted by Gasteiger charge is 2.51. The molecular formula is C31H45ClF2N4O6. The van der Waals surface area contributed by atoms with E-state index in [2.05, 4.69) is 20.7 Å². The lowest BCUT2D eigenvalue weighted by molar-refractivity contribution is -0.159. The Morgan fingerprint density at radius 1 is 1.07 bits per heavy atom. The molecule has 1 aliphatic heterocycles. The van der Waals surface area contributed by atoms with E-state index in [0.29, 0.717) is 30.8 Å². The first-order chi connectivity index (χ1) is 21.1. The number of piperidine rings is 1. The molecule has 0 aromatic heterocycles. The first-order valence-electron chi connectivity index (χ1n) is 15.5. The Labute approximate surface area is 262 Å². The molecule has 2 aliphatic rings. The van der Waals surface area contributed by atoms with Crippen LogP contribution in [-0.4, -0.2) is 80.6 Å². The summed E-state index contributed by atoms with van der Waals surface area (Å²) in [5.41, 5.74) is 0.797. The molecule has 3 atom stereocenters. The molecule has 0 radical (unpaired) electrons. The molecule has 13 heteroatoms. The number of hydrogen-bond donors (Lipinski definition) is 3. The smallest absolute Gasteiger partial charge is 0.406 e. The normalized spacial score (nSPS) is 19.0. The van der Waals surface area contributed by atoms with Crippen molar-refractivity contribution in [2.75, 3.05) is 39.9 Å². The van der Waals surface area contributed by atoms with Gasteiger partial charge in [-0.15, -0.1) is 0 Å². The molecule has 2 fully saturated rings. The number of urea groups is 1. The van der Waals surface area contributed by atoms with Gasteiger partial charge in [0.15, 0.2) is 0 Å². The number of nitrogens with zero attached hydrogens (tertiary/aromatic N) is 1. The van der Waals surface area contributed by atoms with E-state index < -0.39 is 41.9 Å². The third kappa shape index (κ3) is 10.3. The molecule has 1 aromatic rings. The molecule has 0 unspecified atom stereocenters. The fourth-order valence-electron chi connectivity index (χ4n) is 5.95. The molecule has 1 saturated heterocycles. The number of Topliss-reactive ketones (excluding diaryl/α,β-unsaturated/α-hetero) is 1. The number of amides is 4. The highest BCUT2D eigenvalue weighted by atomic mass is 35.5. The number of nitrogens with one attached hydrogen (secondary N) is 3. The van der Waals surface area contributed by atoms with E-state index >= 15 is 8.78 Å². The molecule has 246 valence electrons. The van der Waals surface area contributed by atoms with Crippen LogP contribution in [0.1, 0.15) is 76.4 Å². The lowest BCUT2D eigenvalue weighted by Crippen LogP contribution is -2.57. The molecule has 44 heavy (non-hydrogen) atoms. The third-order valence-corrected chi connectivity index (χ3v) is 8.48. The van der Waals surface area contributed by atoms with Crippen molar-refractivity contribution in [3.05, 3.63) is 34.9 Å². The third-order valence-electron chi connectivity index (χ3n) is 8.24. The number of carbonyl (C=O) groups excluding carboxylic acids is 4. The van der Waals surface area contributed by atoms with Crippen molar-refractivity contribution in [3.63, 3.8) is 0 Å². The van der Waals surface area contributed by atoms with Crippen molar-refractivity contribution in [3.8, 4) is 0 Å². The van der Waals surface area contributed by atoms with E-state index in [4.69, 9.17) is 16.3 Å². The fraction of sp³-hybridized carbons (Fsp3) is 0.677. The summed E-state index contributed by atoms with van der Waals surface area (Å²) >= 11 is 6.26. The fourth-order valence-corrected chi connectivity index (χ4v) is 6.15. The number of hydrogen-bond acceptors (Lipinski definition) is 6. The van der Waals surface area contributed by atoms with Gasteiger partial charge in [-0.1, -0.05) is 62.8 Å². The second-order valence-electron chi connectivity index (χ2n) is 11.5. The predicted molar refractivity (Wildman–Crippen MR) is 162 cm³/mol. The van der Waals surface area contributed by atoms with Gasteiger partial charge in [-0.2, -0.15) is 8.78 Å². The molecule has 3 N–H and O–H groups in total. The Morgan fingerprint density at radius 3 is 2.50 bits per heavy atom. The van der Waals surface area contributed by atoms with Gasteiger partial charge < -0.3 is 30.3 Å². The van der Waals surface area contributed by atoms with Crippen molar-refractivity contribution < 1.29 is 37.4 Å². The van der Waals surface area contributed by atoms with E-state index in [1.807, 2.05) is 6.07 Å². The van der Waals surface area contributed by atoms with Gasteiger partial charge in [0.1, 0.15) is 0 Å². The SMILES string of the molecule is CCCNC(=O)C(F)(F)C(=O)[C@H](CC1CCCCC1)NC(=O)N1CCC[C@@H]([C@@H](OCCNC(=O)OC)c2cccc(Cl)c2)C1. The van der Waals surface area contributed by atoms with Gasteiger partial charge in [-0.05, 0) is 49.3 Å². The van der Waals surface area contributed by atoms with Crippen LogP contribution < -0.4 is 16.0 Å². The number of ketones is 1. The molecule has 0 bridgehead atoms. The highest BCUT2D eigenvalue weighted by Crippen LogP contribution is 2.34. The van der Waals surface area contributed by atoms with Gasteiger partial charge in [0.2, 0.25) is 5.78 Å². The van der Waals surface area contributed by atoms with Crippen molar-refractivity contribution in [2.24, 2.45) is 11.8 Å². The summed E-state index contributed by atoms with van der Waals surface area (Å²) in [7, 11) is 1.27. The summed E-state index contributed by atoms with van der Waals surface area (Å²) in [6.45, 7) is 2.72. The van der Waals surface area contributed by atoms with Gasteiger partial charge >= 0.3 is 18.0 Å². The lowest BCUT2D eigenvalue weighted by Gasteiger charge is -2.38. The minimum atomic E-state index is -4.27. The van der Waals surface area contributed by atoms with Crippen molar-refractivity contribution in [1.29, 1.82) is 0 Å². The average molecular weight is 643 g/mol. The van der Waals surface area contributed by atoms with E-state index in [0.717, 1.165) is 37.7 Å². The molecule has 4 amide bonds. The molecular weight excluding hydrogens is 598 g/mol. The summed E-state index contributed by atoms with van der Waals surface area (Å²) in [6, 6.07) is 5.05. The molecule has 3 rings (SSSR count). The zero-order chi connectivity index (χ0) is 32.1. The van der Waals surface area contributed by atoms with Crippen LogP contribution in [0.25, 0.3) is 0 Å². The van der Waals surface area contributed by atoms with Crippen LogP contribution in [0.5, 0.6) is 0 Å². The first kappa shape index (κ1) is 35.5. The van der Waals surface area contributed by atoms with Gasteiger partial charge in [-0.3, -0.25) is 9.59 Å². The average Bonchev–Trinajstić information content (AvgIpc) is 3.03. The van der Waals surface area contributed by atoms with Gasteiger partial charge in [0, 0.05) is 37.1 Å². The Kier molecular flexibility index (Phi) is 14.1. The molecule has 1 saturated carbocycles. The van der Waals surface area contributed by atoms with Crippen molar-refractivity contribution in [1.82, 2.24) is 20.9 Å². The van der Waals surface area contributed by atoms with Gasteiger partial charge in [-0.25, -0.2) is 9.59 Å². The maximum atomic E-state index is 15.1. The number of ether oxygens (including phenoxy) is 2. The van der Waals surface area contributed by atoms with Crippen molar-refractivity contribution in [2.45, 2.75) is 82.8 Å². The first-order valence-corrected chi connectivity index (χ1v) is 15.9. The van der Waals surface area contributed by atoms with Crippen LogP contribution in [0.2, 0.25) is 5.02 Å². The Balaban J connectivity index is 1.75. The Hall–Kier alpha value is -2.99. The van der Waals surface area contributed by atoms with Crippen LogP contribution in [0.3, 0.4) is 0 Å². The Morgan fingerprint density at radius 2 is 1.82 bits per heavy atom. The molecule has 0 spiro atoms. The van der Waals surface area contributed by atoms with Crippen LogP contribution >= 0.6 is 11.6 Å². The maximum absolute atomic E-state index is 15.1. The number of benzene rings is 1. The largest absolute Gasteiger partial charge is 0.453 e. The number of likely N-dealkylation sites (tertiary alicyclic amines) is 1. The second kappa shape index (κ2) is 17.5. The number of carbonyl (C=O) groups is 4. The summed E-state index contributed by atoms with van der Waals surface area (Å²) in [6.07, 6.45) is 5.24. The number of rotatable bonds is 14. The monoisotopic (exact) mass is 642 g/mol. The molecule has 1 aromatic carbocycles. The number of alkyl halides is 2. The van der Waals surface area contributed by atoms with Crippen LogP contribution in [0.15, 0.2) is 24.3 Å². The van der Waals surface area contributed by atoms with E-state index in [1.165, 1.54) is 12.0 Å². The van der Waals surface area contributed by atoms with Crippen LogP contribution in [-0.2, 0) is 19.1 Å². The summed E-state index contributed by atoms with van der Waals surface area (Å²) in [5, 5.41) is 7.78. The topological polar surface area (TPSA) is 126 Å². The number of alkyl carbamates (subject to hydrolysis) is 1.